The maximum atomic E-state index is 13.7. The third-order valence-corrected chi connectivity index (χ3v) is 2.15. The number of benzene rings is 1. The average molecular weight is 194 g/mol. The average Bonchev–Trinajstić information content (AvgIpc) is 2.47. The lowest BCUT2D eigenvalue weighted by atomic mass is 10.0. The number of hydrogen-bond acceptors (Lipinski definition) is 2. The Bertz CT molecular complexity index is 470. The molecule has 0 saturated carbocycles. The monoisotopic (exact) mass is 194 g/mol. The minimum atomic E-state index is -1.53. The van der Waals surface area contributed by atoms with E-state index >= 15 is 0 Å². The molecular weight excluding hydrogens is 183 g/mol. The van der Waals surface area contributed by atoms with Crippen molar-refractivity contribution in [1.29, 1.82) is 0 Å². The number of aromatic nitrogens is 2. The maximum absolute atomic E-state index is 13.7. The first-order chi connectivity index (χ1) is 6.50. The molecule has 4 heteroatoms. The van der Waals surface area contributed by atoms with Crippen LogP contribution in [0.4, 0.5) is 4.39 Å². The molecule has 2 aromatic rings. The lowest BCUT2D eigenvalue weighted by Crippen LogP contribution is -2.09. The first-order valence-electron chi connectivity index (χ1n) is 4.35. The van der Waals surface area contributed by atoms with E-state index in [1.807, 2.05) is 0 Å². The highest BCUT2D eigenvalue weighted by molar-refractivity contribution is 5.87. The topological polar surface area (TPSA) is 48.9 Å². The largest absolute Gasteiger partial charge is 0.507 e. The van der Waals surface area contributed by atoms with Gasteiger partial charge in [0, 0.05) is 0 Å². The fourth-order valence-electron chi connectivity index (χ4n) is 1.48. The summed E-state index contributed by atoms with van der Waals surface area (Å²) in [5.74, 6) is 0.0528. The number of phenols is 1. The van der Waals surface area contributed by atoms with Crippen molar-refractivity contribution in [3.63, 3.8) is 0 Å². The van der Waals surface area contributed by atoms with Crippen LogP contribution in [0.2, 0.25) is 0 Å². The molecule has 0 radical (unpaired) electrons. The number of hydrogen-bond donors (Lipinski definition) is 2. The molecule has 0 spiro atoms. The van der Waals surface area contributed by atoms with E-state index in [0.29, 0.717) is 16.6 Å². The molecule has 74 valence electrons. The molecule has 0 bridgehead atoms. The first-order valence-corrected chi connectivity index (χ1v) is 4.35. The standard InChI is InChI=1S/C10H11FN2O/c1-10(2,11)9-8-6(12-13-9)4-3-5-7(8)14/h3-5,14H,1-2H3,(H,12,13). The minimum absolute atomic E-state index is 0.0528. The van der Waals surface area contributed by atoms with Crippen LogP contribution >= 0.6 is 0 Å². The number of nitrogens with one attached hydrogen (secondary N) is 1. The highest BCUT2D eigenvalue weighted by atomic mass is 19.1. The number of H-pyrrole nitrogens is 1. The van der Waals surface area contributed by atoms with Gasteiger partial charge in [0.25, 0.3) is 0 Å². The Morgan fingerprint density at radius 1 is 1.43 bits per heavy atom. The van der Waals surface area contributed by atoms with Crippen molar-refractivity contribution in [3.05, 3.63) is 23.9 Å². The highest BCUT2D eigenvalue weighted by Crippen LogP contribution is 2.34. The first kappa shape index (κ1) is 8.99. The molecule has 0 aliphatic heterocycles. The summed E-state index contributed by atoms with van der Waals surface area (Å²) < 4.78 is 13.7. The molecular formula is C10H11FN2O. The molecule has 0 atom stereocenters. The van der Waals surface area contributed by atoms with Crippen LogP contribution < -0.4 is 0 Å². The van der Waals surface area contributed by atoms with Crippen molar-refractivity contribution >= 4 is 10.9 Å². The van der Waals surface area contributed by atoms with Crippen molar-refractivity contribution in [2.75, 3.05) is 0 Å². The Morgan fingerprint density at radius 3 is 2.79 bits per heavy atom. The van der Waals surface area contributed by atoms with Gasteiger partial charge in [-0.25, -0.2) is 4.39 Å². The fourth-order valence-corrected chi connectivity index (χ4v) is 1.48. The third kappa shape index (κ3) is 1.23. The van der Waals surface area contributed by atoms with Gasteiger partial charge in [-0.15, -0.1) is 0 Å². The quantitative estimate of drug-likeness (QED) is 0.732. The molecule has 0 unspecified atom stereocenters. The van der Waals surface area contributed by atoms with E-state index in [1.165, 1.54) is 19.9 Å². The van der Waals surface area contributed by atoms with Gasteiger partial charge in [-0.05, 0) is 26.0 Å². The Balaban J connectivity index is 2.80. The van der Waals surface area contributed by atoms with Crippen LogP contribution in [0.5, 0.6) is 5.75 Å². The number of phenolic OH excluding ortho intramolecular Hbond substituents is 1. The van der Waals surface area contributed by atoms with Crippen LogP contribution in [-0.4, -0.2) is 15.3 Å². The Kier molecular flexibility index (Phi) is 1.74. The van der Waals surface area contributed by atoms with Gasteiger partial charge in [0.05, 0.1) is 16.6 Å². The number of halogens is 1. The summed E-state index contributed by atoms with van der Waals surface area (Å²) in [4.78, 5) is 0. The fraction of sp³-hybridized carbons (Fsp3) is 0.300. The van der Waals surface area contributed by atoms with E-state index in [1.54, 1.807) is 12.1 Å². The van der Waals surface area contributed by atoms with E-state index in [9.17, 15) is 9.50 Å². The van der Waals surface area contributed by atoms with Gasteiger partial charge in [-0.3, -0.25) is 5.10 Å². The molecule has 0 amide bonds. The number of fused-ring (bicyclic) bond motifs is 1. The second-order valence-corrected chi connectivity index (χ2v) is 3.74. The number of alkyl halides is 1. The predicted octanol–water partition coefficient (Wildman–Crippen LogP) is 2.47. The van der Waals surface area contributed by atoms with Crippen LogP contribution in [-0.2, 0) is 5.67 Å². The number of nitrogens with zero attached hydrogens (tertiary/aromatic N) is 1. The third-order valence-electron chi connectivity index (χ3n) is 2.15. The second-order valence-electron chi connectivity index (χ2n) is 3.74. The molecule has 2 N–H and O–H groups in total. The van der Waals surface area contributed by atoms with Crippen molar-refractivity contribution in [1.82, 2.24) is 10.2 Å². The zero-order valence-electron chi connectivity index (χ0n) is 8.00. The summed E-state index contributed by atoms with van der Waals surface area (Å²) in [6.07, 6.45) is 0. The summed E-state index contributed by atoms with van der Waals surface area (Å²) in [5.41, 5.74) is -0.649. The summed E-state index contributed by atoms with van der Waals surface area (Å²) in [5, 5.41) is 16.6. The molecule has 0 saturated heterocycles. The SMILES string of the molecule is CC(C)(F)c1[nH]nc2cccc(O)c12. The summed E-state index contributed by atoms with van der Waals surface area (Å²) in [6, 6.07) is 4.92. The normalized spacial score (nSPS) is 12.2. The van der Waals surface area contributed by atoms with E-state index in [4.69, 9.17) is 0 Å². The van der Waals surface area contributed by atoms with Crippen molar-refractivity contribution in [3.8, 4) is 5.75 Å². The molecule has 1 heterocycles. The maximum Gasteiger partial charge on any atom is 0.147 e. The predicted molar refractivity (Wildman–Crippen MR) is 51.9 cm³/mol. The van der Waals surface area contributed by atoms with Gasteiger partial charge in [0.2, 0.25) is 0 Å². The molecule has 0 aliphatic rings. The number of rotatable bonds is 1. The minimum Gasteiger partial charge on any atom is -0.507 e. The van der Waals surface area contributed by atoms with Gasteiger partial charge < -0.3 is 5.11 Å². The number of aromatic amines is 1. The molecule has 3 nitrogen and oxygen atoms in total. The van der Waals surface area contributed by atoms with Crippen LogP contribution in [0.25, 0.3) is 10.9 Å². The smallest absolute Gasteiger partial charge is 0.147 e. The summed E-state index contributed by atoms with van der Waals surface area (Å²) in [7, 11) is 0. The van der Waals surface area contributed by atoms with Crippen molar-refractivity contribution in [2.45, 2.75) is 19.5 Å². The van der Waals surface area contributed by atoms with Gasteiger partial charge in [-0.2, -0.15) is 5.10 Å². The van der Waals surface area contributed by atoms with Crippen molar-refractivity contribution in [2.24, 2.45) is 0 Å². The van der Waals surface area contributed by atoms with Crippen LogP contribution in [0.1, 0.15) is 19.5 Å². The van der Waals surface area contributed by atoms with Crippen LogP contribution in [0.15, 0.2) is 18.2 Å². The molecule has 2 rings (SSSR count). The zero-order valence-corrected chi connectivity index (χ0v) is 8.00. The van der Waals surface area contributed by atoms with E-state index in [0.717, 1.165) is 0 Å². The van der Waals surface area contributed by atoms with E-state index < -0.39 is 5.67 Å². The van der Waals surface area contributed by atoms with E-state index in [-0.39, 0.29) is 5.75 Å². The zero-order chi connectivity index (χ0) is 10.3. The molecule has 1 aromatic carbocycles. The van der Waals surface area contributed by atoms with Gasteiger partial charge in [-0.1, -0.05) is 6.07 Å². The molecule has 0 aliphatic carbocycles. The van der Waals surface area contributed by atoms with Gasteiger partial charge in [0.1, 0.15) is 11.4 Å². The lowest BCUT2D eigenvalue weighted by molar-refractivity contribution is 0.216. The van der Waals surface area contributed by atoms with Crippen LogP contribution in [0.3, 0.4) is 0 Å². The Morgan fingerprint density at radius 2 is 2.14 bits per heavy atom. The van der Waals surface area contributed by atoms with Gasteiger partial charge in [0.15, 0.2) is 0 Å². The second kappa shape index (κ2) is 2.70. The summed E-state index contributed by atoms with van der Waals surface area (Å²) >= 11 is 0. The summed E-state index contributed by atoms with van der Waals surface area (Å²) in [6.45, 7) is 2.85. The highest BCUT2D eigenvalue weighted by Gasteiger charge is 2.25. The molecule has 1 aromatic heterocycles. The van der Waals surface area contributed by atoms with Crippen molar-refractivity contribution < 1.29 is 9.50 Å². The Hall–Kier alpha value is -1.58. The van der Waals surface area contributed by atoms with Crippen LogP contribution in [0, 0.1) is 0 Å². The number of aromatic hydroxyl groups is 1. The Labute approximate surface area is 80.6 Å². The lowest BCUT2D eigenvalue weighted by Gasteiger charge is -2.12. The van der Waals surface area contributed by atoms with Gasteiger partial charge >= 0.3 is 0 Å². The molecule has 0 fully saturated rings. The van der Waals surface area contributed by atoms with E-state index in [2.05, 4.69) is 10.2 Å². The molecule has 14 heavy (non-hydrogen) atoms.